The summed E-state index contributed by atoms with van der Waals surface area (Å²) in [5.74, 6) is 0. The average molecular weight is 251 g/mol. The molecular formula is C11H13N3O2S. The van der Waals surface area contributed by atoms with E-state index in [0.717, 1.165) is 31.4 Å². The van der Waals surface area contributed by atoms with E-state index >= 15 is 0 Å². The van der Waals surface area contributed by atoms with Gasteiger partial charge in [0.15, 0.2) is 0 Å². The Kier molecular flexibility index (Phi) is 2.60. The number of H-pyrrole nitrogens is 1. The van der Waals surface area contributed by atoms with Crippen molar-refractivity contribution in [3.8, 4) is 0 Å². The van der Waals surface area contributed by atoms with Gasteiger partial charge >= 0.3 is 5.69 Å². The molecule has 0 aromatic carbocycles. The van der Waals surface area contributed by atoms with Gasteiger partial charge in [0.25, 0.3) is 5.56 Å². The number of thiophene rings is 1. The third kappa shape index (κ3) is 1.73. The second kappa shape index (κ2) is 4.12. The van der Waals surface area contributed by atoms with Crippen molar-refractivity contribution < 1.29 is 0 Å². The first kappa shape index (κ1) is 10.7. The minimum Gasteiger partial charge on any atom is -0.317 e. The number of piperidine rings is 1. The molecule has 3 heterocycles. The molecule has 1 fully saturated rings. The molecule has 1 saturated heterocycles. The van der Waals surface area contributed by atoms with Crippen LogP contribution < -0.4 is 16.6 Å². The van der Waals surface area contributed by atoms with Crippen LogP contribution in [-0.4, -0.2) is 22.6 Å². The molecule has 0 atom stereocenters. The molecule has 1 aliphatic heterocycles. The first-order valence-corrected chi connectivity index (χ1v) is 6.58. The Morgan fingerprint density at radius 2 is 2.06 bits per heavy atom. The standard InChI is InChI=1S/C11H13N3O2S/c15-10-9-8(3-6-17-9)14(11(16)13-10)7-1-4-12-5-2-7/h3,6-7,12H,1-2,4-5H2,(H,13,15,16). The van der Waals surface area contributed by atoms with Crippen LogP contribution in [0.1, 0.15) is 18.9 Å². The van der Waals surface area contributed by atoms with Gasteiger partial charge in [0, 0.05) is 6.04 Å². The molecule has 3 rings (SSSR count). The van der Waals surface area contributed by atoms with Crippen molar-refractivity contribution in [1.82, 2.24) is 14.9 Å². The molecule has 0 spiro atoms. The Bertz CT molecular complexity index is 649. The average Bonchev–Trinajstić information content (AvgIpc) is 2.79. The Morgan fingerprint density at radius 3 is 2.82 bits per heavy atom. The van der Waals surface area contributed by atoms with Gasteiger partial charge in [0.1, 0.15) is 4.70 Å². The lowest BCUT2D eigenvalue weighted by Crippen LogP contribution is -2.37. The fraction of sp³-hybridized carbons (Fsp3) is 0.455. The fourth-order valence-corrected chi connectivity index (χ4v) is 3.19. The zero-order chi connectivity index (χ0) is 11.8. The van der Waals surface area contributed by atoms with Crippen LogP contribution in [-0.2, 0) is 0 Å². The summed E-state index contributed by atoms with van der Waals surface area (Å²) < 4.78 is 2.39. The zero-order valence-electron chi connectivity index (χ0n) is 9.23. The molecule has 5 nitrogen and oxygen atoms in total. The first-order chi connectivity index (χ1) is 8.27. The number of nitrogens with one attached hydrogen (secondary N) is 2. The van der Waals surface area contributed by atoms with Crippen LogP contribution in [0, 0.1) is 0 Å². The maximum atomic E-state index is 11.9. The van der Waals surface area contributed by atoms with Crippen molar-refractivity contribution >= 4 is 21.6 Å². The highest BCUT2D eigenvalue weighted by Gasteiger charge is 2.19. The maximum absolute atomic E-state index is 11.9. The van der Waals surface area contributed by atoms with Gasteiger partial charge in [-0.05, 0) is 37.4 Å². The molecule has 0 bridgehead atoms. The topological polar surface area (TPSA) is 66.9 Å². The Morgan fingerprint density at radius 1 is 1.29 bits per heavy atom. The molecule has 17 heavy (non-hydrogen) atoms. The zero-order valence-corrected chi connectivity index (χ0v) is 10.0. The SMILES string of the molecule is O=c1[nH]c(=O)n(C2CCNCC2)c2ccsc12. The van der Waals surface area contributed by atoms with E-state index < -0.39 is 0 Å². The van der Waals surface area contributed by atoms with Crippen LogP contribution in [0.5, 0.6) is 0 Å². The summed E-state index contributed by atoms with van der Waals surface area (Å²) >= 11 is 1.38. The van der Waals surface area contributed by atoms with E-state index in [2.05, 4.69) is 10.3 Å². The highest BCUT2D eigenvalue weighted by Crippen LogP contribution is 2.22. The lowest BCUT2D eigenvalue weighted by molar-refractivity contribution is 0.365. The first-order valence-electron chi connectivity index (χ1n) is 5.70. The van der Waals surface area contributed by atoms with Crippen LogP contribution in [0.4, 0.5) is 0 Å². The van der Waals surface area contributed by atoms with Crippen LogP contribution in [0.15, 0.2) is 21.0 Å². The van der Waals surface area contributed by atoms with E-state index in [9.17, 15) is 9.59 Å². The van der Waals surface area contributed by atoms with E-state index in [1.165, 1.54) is 11.3 Å². The molecule has 6 heteroatoms. The summed E-state index contributed by atoms with van der Waals surface area (Å²) in [6, 6.07) is 2.05. The Hall–Kier alpha value is -1.40. The fourth-order valence-electron chi connectivity index (χ4n) is 2.41. The summed E-state index contributed by atoms with van der Waals surface area (Å²) in [5.41, 5.74) is 0.216. The quantitative estimate of drug-likeness (QED) is 0.783. The van der Waals surface area contributed by atoms with E-state index in [0.29, 0.717) is 4.70 Å². The van der Waals surface area contributed by atoms with Gasteiger partial charge in [0.2, 0.25) is 0 Å². The molecule has 2 aromatic heterocycles. The Balaban J connectivity index is 2.24. The lowest BCUT2D eigenvalue weighted by atomic mass is 10.1. The smallest absolute Gasteiger partial charge is 0.317 e. The molecule has 0 unspecified atom stereocenters. The molecule has 90 valence electrons. The molecule has 0 amide bonds. The number of hydrogen-bond donors (Lipinski definition) is 2. The maximum Gasteiger partial charge on any atom is 0.329 e. The van der Waals surface area contributed by atoms with Crippen LogP contribution >= 0.6 is 11.3 Å². The van der Waals surface area contributed by atoms with Crippen LogP contribution in [0.3, 0.4) is 0 Å². The van der Waals surface area contributed by atoms with Gasteiger partial charge < -0.3 is 5.32 Å². The van der Waals surface area contributed by atoms with Gasteiger partial charge in [-0.15, -0.1) is 11.3 Å². The Labute approximate surface area is 101 Å². The molecule has 0 saturated carbocycles. The minimum absolute atomic E-state index is 0.192. The van der Waals surface area contributed by atoms with Gasteiger partial charge in [-0.3, -0.25) is 14.3 Å². The summed E-state index contributed by atoms with van der Waals surface area (Å²) in [6.07, 6.45) is 1.85. The van der Waals surface area contributed by atoms with Crippen LogP contribution in [0.25, 0.3) is 10.2 Å². The van der Waals surface area contributed by atoms with Gasteiger partial charge in [-0.1, -0.05) is 0 Å². The highest BCUT2D eigenvalue weighted by atomic mass is 32.1. The second-order valence-electron chi connectivity index (χ2n) is 4.25. The lowest BCUT2D eigenvalue weighted by Gasteiger charge is -2.25. The molecule has 2 aromatic rings. The predicted molar refractivity (Wildman–Crippen MR) is 67.8 cm³/mol. The van der Waals surface area contributed by atoms with Gasteiger partial charge in [0.05, 0.1) is 5.52 Å². The van der Waals surface area contributed by atoms with Crippen molar-refractivity contribution in [3.63, 3.8) is 0 Å². The van der Waals surface area contributed by atoms with Gasteiger partial charge in [-0.2, -0.15) is 0 Å². The van der Waals surface area contributed by atoms with E-state index in [-0.39, 0.29) is 17.3 Å². The summed E-state index contributed by atoms with van der Waals surface area (Å²) in [4.78, 5) is 26.0. The summed E-state index contributed by atoms with van der Waals surface area (Å²) in [6.45, 7) is 1.84. The summed E-state index contributed by atoms with van der Waals surface area (Å²) in [5, 5.41) is 5.13. The minimum atomic E-state index is -0.284. The van der Waals surface area contributed by atoms with Crippen molar-refractivity contribution in [2.75, 3.05) is 13.1 Å². The number of fused-ring (bicyclic) bond motifs is 1. The highest BCUT2D eigenvalue weighted by molar-refractivity contribution is 7.17. The van der Waals surface area contributed by atoms with E-state index in [4.69, 9.17) is 0 Å². The largest absolute Gasteiger partial charge is 0.329 e. The van der Waals surface area contributed by atoms with Crippen LogP contribution in [0.2, 0.25) is 0 Å². The van der Waals surface area contributed by atoms with Crippen molar-refractivity contribution in [2.24, 2.45) is 0 Å². The monoisotopic (exact) mass is 251 g/mol. The molecule has 0 radical (unpaired) electrons. The van der Waals surface area contributed by atoms with Crippen molar-refractivity contribution in [1.29, 1.82) is 0 Å². The van der Waals surface area contributed by atoms with Crippen molar-refractivity contribution in [2.45, 2.75) is 18.9 Å². The molecule has 0 aliphatic carbocycles. The van der Waals surface area contributed by atoms with Crippen molar-refractivity contribution in [3.05, 3.63) is 32.3 Å². The van der Waals surface area contributed by atoms with Gasteiger partial charge in [-0.25, -0.2) is 4.79 Å². The van der Waals surface area contributed by atoms with E-state index in [1.807, 2.05) is 11.4 Å². The third-order valence-corrected chi connectivity index (χ3v) is 4.13. The van der Waals surface area contributed by atoms with E-state index in [1.54, 1.807) is 4.57 Å². The molecule has 2 N–H and O–H groups in total. The number of rotatable bonds is 1. The normalized spacial score (nSPS) is 17.6. The second-order valence-corrected chi connectivity index (χ2v) is 5.16. The number of aromatic nitrogens is 2. The number of aromatic amines is 1. The summed E-state index contributed by atoms with van der Waals surface area (Å²) in [7, 11) is 0. The molecule has 1 aliphatic rings. The molecular weight excluding hydrogens is 238 g/mol. The predicted octanol–water partition coefficient (Wildman–Crippen LogP) is 0.676. The number of hydrogen-bond acceptors (Lipinski definition) is 4. The third-order valence-electron chi connectivity index (χ3n) is 3.22. The number of nitrogens with zero attached hydrogens (tertiary/aromatic N) is 1.